The van der Waals surface area contributed by atoms with Crippen LogP contribution in [0.5, 0.6) is 5.75 Å². The number of benzene rings is 3. The first-order valence-corrected chi connectivity index (χ1v) is 12.6. The maximum atomic E-state index is 13.9. The van der Waals surface area contributed by atoms with Crippen LogP contribution in [0.15, 0.2) is 79.5 Å². The quantitative estimate of drug-likeness (QED) is 0.305. The maximum absolute atomic E-state index is 13.9. The number of nitrogens with zero attached hydrogens (tertiary/aromatic N) is 1. The Morgan fingerprint density at radius 2 is 1.79 bits per heavy atom. The molecule has 3 aromatic rings. The van der Waals surface area contributed by atoms with E-state index in [1.54, 1.807) is 24.3 Å². The summed E-state index contributed by atoms with van der Waals surface area (Å²) in [6.07, 6.45) is 2.76. The van der Waals surface area contributed by atoms with E-state index in [4.69, 9.17) is 4.74 Å². The van der Waals surface area contributed by atoms with E-state index in [1.807, 2.05) is 36.4 Å². The van der Waals surface area contributed by atoms with Crippen LogP contribution in [0.25, 0.3) is 6.08 Å². The molecule has 4 nitrogen and oxygen atoms in total. The van der Waals surface area contributed by atoms with E-state index in [1.165, 1.54) is 23.4 Å². The molecule has 0 atom stereocenters. The van der Waals surface area contributed by atoms with Crippen LogP contribution in [0, 0.1) is 5.82 Å². The van der Waals surface area contributed by atoms with Gasteiger partial charge < -0.3 is 10.1 Å². The lowest BCUT2D eigenvalue weighted by Gasteiger charge is -2.12. The first-order chi connectivity index (χ1) is 15.9. The molecule has 0 spiro atoms. The zero-order valence-electron chi connectivity index (χ0n) is 17.6. The van der Waals surface area contributed by atoms with Crippen LogP contribution in [0.1, 0.15) is 23.6 Å². The number of amidine groups is 1. The molecule has 0 aliphatic carbocycles. The van der Waals surface area contributed by atoms with Crippen LogP contribution in [0.4, 0.5) is 10.1 Å². The van der Waals surface area contributed by atoms with E-state index in [-0.39, 0.29) is 18.3 Å². The Labute approximate surface area is 212 Å². The van der Waals surface area contributed by atoms with Crippen molar-refractivity contribution in [1.82, 2.24) is 5.32 Å². The van der Waals surface area contributed by atoms with Gasteiger partial charge in [-0.1, -0.05) is 37.3 Å². The summed E-state index contributed by atoms with van der Waals surface area (Å²) in [7, 11) is 0. The summed E-state index contributed by atoms with van der Waals surface area (Å²) < 4.78 is 21.1. The summed E-state index contributed by atoms with van der Waals surface area (Å²) in [6, 6.07) is 18.1. The lowest BCUT2D eigenvalue weighted by molar-refractivity contribution is -0.115. The zero-order chi connectivity index (χ0) is 23.4. The van der Waals surface area contributed by atoms with Gasteiger partial charge in [-0.15, -0.1) is 0 Å². The molecule has 1 heterocycles. The molecular formula is C25H19Br2FN2O2S. The highest BCUT2D eigenvalue weighted by atomic mass is 79.9. The second-order valence-corrected chi connectivity index (χ2v) is 9.93. The Morgan fingerprint density at radius 1 is 1.09 bits per heavy atom. The Balaban J connectivity index is 1.49. The van der Waals surface area contributed by atoms with Crippen LogP contribution < -0.4 is 10.1 Å². The van der Waals surface area contributed by atoms with Crippen molar-refractivity contribution < 1.29 is 13.9 Å². The van der Waals surface area contributed by atoms with Crippen molar-refractivity contribution in [3.63, 3.8) is 0 Å². The molecule has 0 radical (unpaired) electrons. The number of halogens is 3. The summed E-state index contributed by atoms with van der Waals surface area (Å²) >= 11 is 8.32. The number of amides is 1. The van der Waals surface area contributed by atoms with E-state index in [9.17, 15) is 9.18 Å². The fourth-order valence-corrected chi connectivity index (χ4v) is 5.41. The molecule has 1 saturated heterocycles. The highest BCUT2D eigenvalue weighted by Gasteiger charge is 2.24. The molecule has 0 unspecified atom stereocenters. The minimum Gasteiger partial charge on any atom is -0.486 e. The van der Waals surface area contributed by atoms with Gasteiger partial charge in [-0.2, -0.15) is 0 Å². The lowest BCUT2D eigenvalue weighted by atomic mass is 10.2. The molecule has 0 aromatic heterocycles. The van der Waals surface area contributed by atoms with Crippen LogP contribution in [-0.2, 0) is 17.8 Å². The van der Waals surface area contributed by atoms with Crippen molar-refractivity contribution in [2.45, 2.75) is 20.0 Å². The van der Waals surface area contributed by atoms with E-state index >= 15 is 0 Å². The normalized spacial score (nSPS) is 15.8. The van der Waals surface area contributed by atoms with Crippen LogP contribution >= 0.6 is 43.6 Å². The van der Waals surface area contributed by atoms with E-state index < -0.39 is 0 Å². The molecule has 0 bridgehead atoms. The number of rotatable bonds is 6. The summed E-state index contributed by atoms with van der Waals surface area (Å²) in [5.74, 6) is 0.0481. The minimum atomic E-state index is -0.311. The largest absolute Gasteiger partial charge is 0.486 e. The third-order valence-electron chi connectivity index (χ3n) is 4.87. The van der Waals surface area contributed by atoms with Crippen molar-refractivity contribution in [3.05, 3.63) is 97.0 Å². The molecule has 0 saturated carbocycles. The highest BCUT2D eigenvalue weighted by Crippen LogP contribution is 2.37. The van der Waals surface area contributed by atoms with Gasteiger partial charge in [-0.05, 0) is 97.6 Å². The summed E-state index contributed by atoms with van der Waals surface area (Å²) in [6.45, 7) is 2.20. The predicted octanol–water partition coefficient (Wildman–Crippen LogP) is 7.38. The Morgan fingerprint density at radius 3 is 2.45 bits per heavy atom. The average Bonchev–Trinajstić information content (AvgIpc) is 3.13. The van der Waals surface area contributed by atoms with Crippen molar-refractivity contribution in [1.29, 1.82) is 0 Å². The number of thioether (sulfide) groups is 1. The molecule has 1 amide bonds. The summed E-state index contributed by atoms with van der Waals surface area (Å²) in [5.41, 5.74) is 3.30. The second-order valence-electron chi connectivity index (χ2n) is 7.20. The topological polar surface area (TPSA) is 50.7 Å². The molecule has 8 heteroatoms. The smallest absolute Gasteiger partial charge is 0.264 e. The standard InChI is InChI=1S/C25H19Br2FN2O2S/c1-2-15-7-9-18(10-8-15)29-25-30-24(31)22(33-25)13-16-11-19(26)23(20(27)12-16)32-14-17-5-3-4-6-21(17)28/h3-13H,2,14H2,1H3,(H,29,30,31)/b22-13-. The van der Waals surface area contributed by atoms with Crippen molar-refractivity contribution in [3.8, 4) is 5.75 Å². The number of aliphatic imine (C=N–C) groups is 1. The molecular weight excluding hydrogens is 571 g/mol. The number of hydrogen-bond donors (Lipinski definition) is 1. The Bertz CT molecular complexity index is 1240. The van der Waals surface area contributed by atoms with Gasteiger partial charge in [0.25, 0.3) is 5.91 Å². The van der Waals surface area contributed by atoms with Crippen LogP contribution in [0.2, 0.25) is 0 Å². The van der Waals surface area contributed by atoms with Gasteiger partial charge in [0.05, 0.1) is 19.5 Å². The van der Waals surface area contributed by atoms with Crippen molar-refractivity contribution in [2.75, 3.05) is 0 Å². The zero-order valence-corrected chi connectivity index (χ0v) is 21.6. The van der Waals surface area contributed by atoms with Crippen molar-refractivity contribution in [2.24, 2.45) is 4.99 Å². The third kappa shape index (κ3) is 5.93. The minimum absolute atomic E-state index is 0.0988. The number of nitrogens with one attached hydrogen (secondary N) is 1. The predicted molar refractivity (Wildman–Crippen MR) is 139 cm³/mol. The highest BCUT2D eigenvalue weighted by molar-refractivity contribution is 9.11. The van der Waals surface area contributed by atoms with Gasteiger partial charge in [0.2, 0.25) is 0 Å². The maximum Gasteiger partial charge on any atom is 0.264 e. The first kappa shape index (κ1) is 23.7. The van der Waals surface area contributed by atoms with Gasteiger partial charge in [-0.3, -0.25) is 4.79 Å². The molecule has 1 fully saturated rings. The Hall–Kier alpha value is -2.42. The second kappa shape index (κ2) is 10.7. The number of ether oxygens (including phenoxy) is 1. The number of hydrogen-bond acceptors (Lipinski definition) is 4. The molecule has 33 heavy (non-hydrogen) atoms. The van der Waals surface area contributed by atoms with Gasteiger partial charge in [0, 0.05) is 5.56 Å². The van der Waals surface area contributed by atoms with Gasteiger partial charge >= 0.3 is 0 Å². The molecule has 1 aliphatic heterocycles. The number of aryl methyl sites for hydroxylation is 1. The van der Waals surface area contributed by atoms with Gasteiger partial charge in [0.15, 0.2) is 5.17 Å². The van der Waals surface area contributed by atoms with E-state index in [2.05, 4.69) is 49.1 Å². The lowest BCUT2D eigenvalue weighted by Crippen LogP contribution is -2.19. The number of carbonyl (C=O) groups is 1. The fourth-order valence-electron chi connectivity index (χ4n) is 3.12. The average molecular weight is 590 g/mol. The molecule has 1 aliphatic rings. The summed E-state index contributed by atoms with van der Waals surface area (Å²) in [4.78, 5) is 17.5. The first-order valence-electron chi connectivity index (χ1n) is 10.2. The molecule has 168 valence electrons. The number of carbonyl (C=O) groups excluding carboxylic acids is 1. The van der Waals surface area contributed by atoms with E-state index in [0.29, 0.717) is 30.3 Å². The van der Waals surface area contributed by atoms with Gasteiger partial charge in [0.1, 0.15) is 18.2 Å². The molecule has 4 rings (SSSR count). The van der Waals surface area contributed by atoms with Crippen LogP contribution in [0.3, 0.4) is 0 Å². The fraction of sp³-hybridized carbons (Fsp3) is 0.120. The summed E-state index contributed by atoms with van der Waals surface area (Å²) in [5, 5.41) is 3.35. The third-order valence-corrected chi connectivity index (χ3v) is 6.96. The molecule has 1 N–H and O–H groups in total. The van der Waals surface area contributed by atoms with Gasteiger partial charge in [-0.25, -0.2) is 9.38 Å². The Kier molecular flexibility index (Phi) is 7.67. The molecule has 3 aromatic carbocycles. The SMILES string of the molecule is CCc1ccc(N=C2NC(=O)/C(=C/c3cc(Br)c(OCc4ccccc4F)c(Br)c3)S2)cc1. The monoisotopic (exact) mass is 588 g/mol. The van der Waals surface area contributed by atoms with E-state index in [0.717, 1.165) is 17.7 Å². The van der Waals surface area contributed by atoms with Crippen LogP contribution in [-0.4, -0.2) is 11.1 Å². The van der Waals surface area contributed by atoms with Crippen molar-refractivity contribution >= 4 is 66.5 Å².